The number of aliphatic imine (C=N–C) groups is 1. The van der Waals surface area contributed by atoms with Gasteiger partial charge in [0.1, 0.15) is 0 Å². The zero-order valence-electron chi connectivity index (χ0n) is 9.54. The van der Waals surface area contributed by atoms with Gasteiger partial charge in [-0.1, -0.05) is 18.7 Å². The summed E-state index contributed by atoms with van der Waals surface area (Å²) in [4.78, 5) is 7.06. The van der Waals surface area contributed by atoms with Gasteiger partial charge in [0, 0.05) is 24.9 Å². The molecule has 0 saturated carbocycles. The Hall–Kier alpha value is -0.220. The van der Waals surface area contributed by atoms with Crippen LogP contribution in [0.5, 0.6) is 0 Å². The number of likely N-dealkylation sites (N-methyl/N-ethyl adjacent to an activating group) is 1. The molecular weight excluding hydrogens is 206 g/mol. The number of rotatable bonds is 3. The van der Waals surface area contributed by atoms with Gasteiger partial charge < -0.3 is 5.32 Å². The predicted octanol–water partition coefficient (Wildman–Crippen LogP) is 1.55. The van der Waals surface area contributed by atoms with Crippen LogP contribution in [0.4, 0.5) is 0 Å². The summed E-state index contributed by atoms with van der Waals surface area (Å²) in [6.07, 6.45) is 3.94. The number of likely N-dealkylation sites (tertiary alicyclic amines) is 1. The van der Waals surface area contributed by atoms with Crippen LogP contribution in [0.3, 0.4) is 0 Å². The highest BCUT2D eigenvalue weighted by molar-refractivity contribution is 8.13. The molecule has 0 aromatic carbocycles. The molecule has 15 heavy (non-hydrogen) atoms. The molecule has 3 nitrogen and oxygen atoms in total. The second-order valence-electron chi connectivity index (χ2n) is 4.19. The highest BCUT2D eigenvalue weighted by atomic mass is 32.2. The summed E-state index contributed by atoms with van der Waals surface area (Å²) in [7, 11) is 0. The molecule has 0 bridgehead atoms. The molecule has 1 N–H and O–H groups in total. The Kier molecular flexibility index (Phi) is 4.32. The number of nitrogens with one attached hydrogen (secondary N) is 1. The Balaban J connectivity index is 1.74. The van der Waals surface area contributed by atoms with Gasteiger partial charge >= 0.3 is 0 Å². The highest BCUT2D eigenvalue weighted by Crippen LogP contribution is 2.16. The van der Waals surface area contributed by atoms with Crippen LogP contribution in [0.1, 0.15) is 26.2 Å². The zero-order valence-corrected chi connectivity index (χ0v) is 10.4. The van der Waals surface area contributed by atoms with E-state index in [0.717, 1.165) is 19.1 Å². The first kappa shape index (κ1) is 11.3. The fourth-order valence-electron chi connectivity index (χ4n) is 2.31. The van der Waals surface area contributed by atoms with Crippen LogP contribution in [0, 0.1) is 0 Å². The minimum Gasteiger partial charge on any atom is -0.363 e. The first-order valence-corrected chi connectivity index (χ1v) is 7.04. The van der Waals surface area contributed by atoms with E-state index in [1.165, 1.54) is 43.3 Å². The molecule has 86 valence electrons. The van der Waals surface area contributed by atoms with Crippen molar-refractivity contribution in [1.82, 2.24) is 10.2 Å². The van der Waals surface area contributed by atoms with Crippen LogP contribution >= 0.6 is 11.8 Å². The number of hydrogen-bond acceptors (Lipinski definition) is 4. The van der Waals surface area contributed by atoms with Gasteiger partial charge in [-0.2, -0.15) is 0 Å². The van der Waals surface area contributed by atoms with Gasteiger partial charge in [-0.15, -0.1) is 0 Å². The Morgan fingerprint density at radius 3 is 3.20 bits per heavy atom. The minimum absolute atomic E-state index is 0.736. The number of nitrogens with zero attached hydrogens (tertiary/aromatic N) is 2. The Morgan fingerprint density at radius 1 is 1.53 bits per heavy atom. The van der Waals surface area contributed by atoms with E-state index in [4.69, 9.17) is 0 Å². The largest absolute Gasteiger partial charge is 0.363 e. The summed E-state index contributed by atoms with van der Waals surface area (Å²) >= 11 is 1.88. The summed E-state index contributed by atoms with van der Waals surface area (Å²) in [6, 6.07) is 0.736. The van der Waals surface area contributed by atoms with Crippen LogP contribution in [-0.2, 0) is 0 Å². The van der Waals surface area contributed by atoms with Gasteiger partial charge in [0.25, 0.3) is 0 Å². The summed E-state index contributed by atoms with van der Waals surface area (Å²) in [5, 5.41) is 4.67. The molecule has 1 saturated heterocycles. The lowest BCUT2D eigenvalue weighted by Crippen LogP contribution is -2.39. The Bertz CT molecular complexity index is 230. The smallest absolute Gasteiger partial charge is 0.156 e. The average Bonchev–Trinajstić information content (AvgIpc) is 2.75. The van der Waals surface area contributed by atoms with Gasteiger partial charge in [0.15, 0.2) is 5.17 Å². The molecule has 2 aliphatic heterocycles. The summed E-state index contributed by atoms with van der Waals surface area (Å²) < 4.78 is 0. The Morgan fingerprint density at radius 2 is 2.47 bits per heavy atom. The van der Waals surface area contributed by atoms with Crippen molar-refractivity contribution in [2.24, 2.45) is 4.99 Å². The molecule has 0 aromatic rings. The van der Waals surface area contributed by atoms with Gasteiger partial charge in [0.05, 0.1) is 0 Å². The van der Waals surface area contributed by atoms with Gasteiger partial charge in [-0.25, -0.2) is 0 Å². The first-order valence-electron chi connectivity index (χ1n) is 6.05. The summed E-state index contributed by atoms with van der Waals surface area (Å²) in [6.45, 7) is 6.82. The Labute approximate surface area is 96.7 Å². The third kappa shape index (κ3) is 3.11. The van der Waals surface area contributed by atoms with Gasteiger partial charge in [-0.05, 0) is 32.4 Å². The van der Waals surface area contributed by atoms with Crippen molar-refractivity contribution in [2.75, 3.05) is 31.9 Å². The van der Waals surface area contributed by atoms with Crippen molar-refractivity contribution in [3.63, 3.8) is 0 Å². The predicted molar refractivity (Wildman–Crippen MR) is 67.6 cm³/mol. The second-order valence-corrected chi connectivity index (χ2v) is 5.28. The molecule has 0 spiro atoms. The number of hydrogen-bond donors (Lipinski definition) is 1. The molecule has 2 heterocycles. The van der Waals surface area contributed by atoms with E-state index in [1.807, 2.05) is 11.8 Å². The van der Waals surface area contributed by atoms with Crippen LogP contribution in [0.2, 0.25) is 0 Å². The zero-order chi connectivity index (χ0) is 10.5. The normalized spacial score (nSPS) is 27.8. The highest BCUT2D eigenvalue weighted by Gasteiger charge is 2.22. The lowest BCUT2D eigenvalue weighted by molar-refractivity contribution is 0.267. The summed E-state index contributed by atoms with van der Waals surface area (Å²) in [5.41, 5.74) is 0. The fraction of sp³-hybridized carbons (Fsp3) is 0.909. The molecule has 1 unspecified atom stereocenters. The third-order valence-electron chi connectivity index (χ3n) is 3.19. The summed E-state index contributed by atoms with van der Waals surface area (Å²) in [5.74, 6) is 1.23. The second kappa shape index (κ2) is 5.75. The van der Waals surface area contributed by atoms with Crippen molar-refractivity contribution in [3.8, 4) is 0 Å². The molecule has 0 aliphatic carbocycles. The lowest BCUT2D eigenvalue weighted by Gasteiger charge is -2.24. The minimum atomic E-state index is 0.736. The maximum absolute atomic E-state index is 4.49. The van der Waals surface area contributed by atoms with E-state index in [9.17, 15) is 0 Å². The molecule has 1 atom stereocenters. The molecule has 0 radical (unpaired) electrons. The molecule has 2 rings (SSSR count). The first-order chi connectivity index (χ1) is 7.40. The maximum atomic E-state index is 4.49. The van der Waals surface area contributed by atoms with Crippen LogP contribution in [0.25, 0.3) is 0 Å². The maximum Gasteiger partial charge on any atom is 0.156 e. The molecule has 0 amide bonds. The quantitative estimate of drug-likeness (QED) is 0.793. The third-order valence-corrected chi connectivity index (χ3v) is 4.23. The van der Waals surface area contributed by atoms with Crippen molar-refractivity contribution in [2.45, 2.75) is 32.2 Å². The number of amidine groups is 1. The van der Waals surface area contributed by atoms with Crippen molar-refractivity contribution < 1.29 is 0 Å². The van der Waals surface area contributed by atoms with E-state index in [-0.39, 0.29) is 0 Å². The van der Waals surface area contributed by atoms with E-state index in [1.54, 1.807) is 0 Å². The van der Waals surface area contributed by atoms with E-state index >= 15 is 0 Å². The average molecular weight is 227 g/mol. The standard InChI is InChI=1S/C11H21N3S/c1-2-14-7-3-5-10(14)9-13-11-12-6-4-8-15-11/h10H,2-9H2,1H3,(H,12,13). The van der Waals surface area contributed by atoms with E-state index in [0.29, 0.717) is 0 Å². The van der Waals surface area contributed by atoms with Crippen molar-refractivity contribution in [3.05, 3.63) is 0 Å². The van der Waals surface area contributed by atoms with Gasteiger partial charge in [-0.3, -0.25) is 9.89 Å². The topological polar surface area (TPSA) is 27.6 Å². The molecule has 0 aromatic heterocycles. The molecule has 1 fully saturated rings. The number of thioether (sulfide) groups is 1. The van der Waals surface area contributed by atoms with Crippen LogP contribution < -0.4 is 5.32 Å². The fourth-order valence-corrected chi connectivity index (χ4v) is 3.15. The van der Waals surface area contributed by atoms with Crippen LogP contribution in [-0.4, -0.2) is 48.0 Å². The van der Waals surface area contributed by atoms with Gasteiger partial charge in [0.2, 0.25) is 0 Å². The van der Waals surface area contributed by atoms with E-state index in [2.05, 4.69) is 22.1 Å². The molecule has 4 heteroatoms. The molecule has 2 aliphatic rings. The van der Waals surface area contributed by atoms with Crippen molar-refractivity contribution in [1.29, 1.82) is 0 Å². The van der Waals surface area contributed by atoms with E-state index < -0.39 is 0 Å². The molecular formula is C11H21N3S. The SMILES string of the molecule is CCN1CCCC1CNC1=NCCCS1. The van der Waals surface area contributed by atoms with Crippen LogP contribution in [0.15, 0.2) is 4.99 Å². The van der Waals surface area contributed by atoms with Crippen molar-refractivity contribution >= 4 is 16.9 Å². The monoisotopic (exact) mass is 227 g/mol. The lowest BCUT2D eigenvalue weighted by atomic mass is 10.2.